The molecule has 1 saturated heterocycles. The van der Waals surface area contributed by atoms with Gasteiger partial charge >= 0.3 is 5.69 Å². The van der Waals surface area contributed by atoms with Crippen molar-refractivity contribution >= 4 is 11.6 Å². The van der Waals surface area contributed by atoms with E-state index in [-0.39, 0.29) is 17.2 Å². The van der Waals surface area contributed by atoms with Crippen LogP contribution in [0.3, 0.4) is 0 Å². The number of anilines is 1. The number of aromatic nitrogens is 2. The Hall–Kier alpha value is -3.03. The van der Waals surface area contributed by atoms with Gasteiger partial charge in [-0.1, -0.05) is 0 Å². The van der Waals surface area contributed by atoms with Crippen LogP contribution in [0.4, 0.5) is 5.69 Å². The number of piperazine rings is 1. The van der Waals surface area contributed by atoms with Crippen molar-refractivity contribution in [3.63, 3.8) is 0 Å². The molecular weight excluding hydrogens is 348 g/mol. The number of rotatable bonds is 3. The maximum atomic E-state index is 12.7. The van der Waals surface area contributed by atoms with Gasteiger partial charge in [0.15, 0.2) is 0 Å². The largest absolute Gasteiger partial charge is 0.497 e. The zero-order valence-corrected chi connectivity index (χ0v) is 16.1. The van der Waals surface area contributed by atoms with Gasteiger partial charge in [-0.3, -0.25) is 18.7 Å². The van der Waals surface area contributed by atoms with Crippen molar-refractivity contribution in [3.8, 4) is 5.75 Å². The van der Waals surface area contributed by atoms with Crippen molar-refractivity contribution in [2.24, 2.45) is 14.1 Å². The third-order valence-electron chi connectivity index (χ3n) is 5.15. The van der Waals surface area contributed by atoms with Crippen LogP contribution in [-0.2, 0) is 14.1 Å². The van der Waals surface area contributed by atoms with Crippen LogP contribution >= 0.6 is 0 Å². The average molecular weight is 372 g/mol. The summed E-state index contributed by atoms with van der Waals surface area (Å²) in [5.41, 5.74) is 1.13. The second-order valence-corrected chi connectivity index (χ2v) is 6.65. The van der Waals surface area contributed by atoms with Gasteiger partial charge in [0.05, 0.1) is 7.11 Å². The molecule has 0 spiro atoms. The topological polar surface area (TPSA) is 76.8 Å². The molecular formula is C19H24N4O4. The van der Waals surface area contributed by atoms with Gasteiger partial charge in [-0.2, -0.15) is 0 Å². The summed E-state index contributed by atoms with van der Waals surface area (Å²) in [6, 6.07) is 7.03. The molecule has 3 rings (SSSR count). The first-order valence-electron chi connectivity index (χ1n) is 8.80. The monoisotopic (exact) mass is 372 g/mol. The SMILES string of the molecule is COc1ccc(C(=O)N2CCN(c3c(C)n(C)c(=O)n(C)c3=O)CC2)cc1. The predicted molar refractivity (Wildman–Crippen MR) is 103 cm³/mol. The lowest BCUT2D eigenvalue weighted by molar-refractivity contribution is 0.0746. The Balaban J connectivity index is 1.77. The summed E-state index contributed by atoms with van der Waals surface area (Å²) in [4.78, 5) is 41.0. The molecule has 1 aliphatic heterocycles. The van der Waals surface area contributed by atoms with Gasteiger partial charge in [0.25, 0.3) is 11.5 Å². The van der Waals surface area contributed by atoms with Crippen molar-refractivity contribution < 1.29 is 9.53 Å². The molecule has 0 radical (unpaired) electrons. The maximum Gasteiger partial charge on any atom is 0.330 e. The molecule has 1 aromatic carbocycles. The molecule has 1 fully saturated rings. The van der Waals surface area contributed by atoms with E-state index < -0.39 is 0 Å². The number of ether oxygens (including phenoxy) is 1. The van der Waals surface area contributed by atoms with Gasteiger partial charge in [0, 0.05) is 51.5 Å². The Kier molecular flexibility index (Phi) is 5.07. The van der Waals surface area contributed by atoms with Crippen molar-refractivity contribution in [2.75, 3.05) is 38.2 Å². The molecule has 8 heteroatoms. The van der Waals surface area contributed by atoms with E-state index in [2.05, 4.69) is 0 Å². The molecule has 2 heterocycles. The van der Waals surface area contributed by atoms with E-state index in [9.17, 15) is 14.4 Å². The third kappa shape index (κ3) is 3.34. The van der Waals surface area contributed by atoms with E-state index in [1.54, 1.807) is 50.2 Å². The fourth-order valence-corrected chi connectivity index (χ4v) is 3.34. The summed E-state index contributed by atoms with van der Waals surface area (Å²) in [5.74, 6) is 0.666. The highest BCUT2D eigenvalue weighted by Gasteiger charge is 2.26. The number of amides is 1. The van der Waals surface area contributed by atoms with E-state index in [0.29, 0.717) is 48.9 Å². The summed E-state index contributed by atoms with van der Waals surface area (Å²) in [6.07, 6.45) is 0. The van der Waals surface area contributed by atoms with E-state index in [1.165, 1.54) is 11.6 Å². The second kappa shape index (κ2) is 7.30. The number of methoxy groups -OCH3 is 1. The summed E-state index contributed by atoms with van der Waals surface area (Å²) in [7, 11) is 4.73. The van der Waals surface area contributed by atoms with Crippen molar-refractivity contribution in [1.29, 1.82) is 0 Å². The Morgan fingerprint density at radius 3 is 2.11 bits per heavy atom. The molecule has 0 saturated carbocycles. The molecule has 0 bridgehead atoms. The highest BCUT2D eigenvalue weighted by Crippen LogP contribution is 2.18. The van der Waals surface area contributed by atoms with E-state index in [0.717, 1.165) is 4.57 Å². The summed E-state index contributed by atoms with van der Waals surface area (Å²) in [6.45, 7) is 3.87. The lowest BCUT2D eigenvalue weighted by Crippen LogP contribution is -2.52. The zero-order valence-electron chi connectivity index (χ0n) is 16.1. The van der Waals surface area contributed by atoms with Crippen molar-refractivity contribution in [2.45, 2.75) is 6.92 Å². The van der Waals surface area contributed by atoms with E-state index in [1.807, 2.05) is 4.90 Å². The summed E-state index contributed by atoms with van der Waals surface area (Å²) in [5, 5.41) is 0. The Morgan fingerprint density at radius 2 is 1.56 bits per heavy atom. The Labute approximate surface area is 157 Å². The van der Waals surface area contributed by atoms with Crippen LogP contribution in [0.2, 0.25) is 0 Å². The van der Waals surface area contributed by atoms with Gasteiger partial charge in [-0.25, -0.2) is 4.79 Å². The minimum Gasteiger partial charge on any atom is -0.497 e. The predicted octanol–water partition coefficient (Wildman–Crippen LogP) is 0.363. The summed E-state index contributed by atoms with van der Waals surface area (Å²) < 4.78 is 7.72. The second-order valence-electron chi connectivity index (χ2n) is 6.65. The van der Waals surface area contributed by atoms with Gasteiger partial charge in [-0.15, -0.1) is 0 Å². The van der Waals surface area contributed by atoms with Crippen LogP contribution < -0.4 is 20.9 Å². The smallest absolute Gasteiger partial charge is 0.330 e. The van der Waals surface area contributed by atoms with Crippen LogP contribution in [-0.4, -0.2) is 53.2 Å². The van der Waals surface area contributed by atoms with Crippen molar-refractivity contribution in [3.05, 3.63) is 56.4 Å². The molecule has 2 aromatic rings. The first-order valence-corrected chi connectivity index (χ1v) is 8.80. The normalized spacial score (nSPS) is 14.4. The van der Waals surface area contributed by atoms with Gasteiger partial charge in [0.2, 0.25) is 0 Å². The Morgan fingerprint density at radius 1 is 0.963 bits per heavy atom. The van der Waals surface area contributed by atoms with Gasteiger partial charge in [0.1, 0.15) is 11.4 Å². The van der Waals surface area contributed by atoms with Gasteiger partial charge < -0.3 is 14.5 Å². The van der Waals surface area contributed by atoms with Gasteiger partial charge in [-0.05, 0) is 31.2 Å². The molecule has 27 heavy (non-hydrogen) atoms. The molecule has 0 unspecified atom stereocenters. The first kappa shape index (κ1) is 18.8. The highest BCUT2D eigenvalue weighted by atomic mass is 16.5. The van der Waals surface area contributed by atoms with E-state index in [4.69, 9.17) is 4.74 Å². The number of carbonyl (C=O) groups is 1. The van der Waals surface area contributed by atoms with Crippen LogP contribution in [0, 0.1) is 6.92 Å². The quantitative estimate of drug-likeness (QED) is 0.778. The molecule has 1 aromatic heterocycles. The molecule has 0 N–H and O–H groups in total. The fourth-order valence-electron chi connectivity index (χ4n) is 3.34. The van der Waals surface area contributed by atoms with Crippen LogP contribution in [0.5, 0.6) is 5.75 Å². The van der Waals surface area contributed by atoms with Crippen LogP contribution in [0.1, 0.15) is 16.1 Å². The molecule has 1 amide bonds. The minimum atomic E-state index is -0.338. The zero-order chi connectivity index (χ0) is 19.7. The number of nitrogens with zero attached hydrogens (tertiary/aromatic N) is 4. The third-order valence-corrected chi connectivity index (χ3v) is 5.15. The number of hydrogen-bond donors (Lipinski definition) is 0. The van der Waals surface area contributed by atoms with Crippen LogP contribution in [0.15, 0.2) is 33.9 Å². The van der Waals surface area contributed by atoms with Crippen molar-refractivity contribution in [1.82, 2.24) is 14.0 Å². The maximum absolute atomic E-state index is 12.7. The summed E-state index contributed by atoms with van der Waals surface area (Å²) >= 11 is 0. The van der Waals surface area contributed by atoms with Crippen LogP contribution in [0.25, 0.3) is 0 Å². The highest BCUT2D eigenvalue weighted by molar-refractivity contribution is 5.94. The minimum absolute atomic E-state index is 0.0395. The molecule has 0 aliphatic carbocycles. The van der Waals surface area contributed by atoms with E-state index >= 15 is 0 Å². The lowest BCUT2D eigenvalue weighted by atomic mass is 10.1. The number of carbonyl (C=O) groups excluding carboxylic acids is 1. The standard InChI is InChI=1S/C19H24N4O4/c1-13-16(18(25)21(3)19(26)20(13)2)22-9-11-23(12-10-22)17(24)14-5-7-15(27-4)8-6-14/h5-8H,9-12H2,1-4H3. The molecule has 0 atom stereocenters. The molecule has 144 valence electrons. The fraction of sp³-hybridized carbons (Fsp3) is 0.421. The Bertz CT molecular complexity index is 967. The number of benzene rings is 1. The lowest BCUT2D eigenvalue weighted by Gasteiger charge is -2.36. The number of hydrogen-bond acceptors (Lipinski definition) is 5. The molecule has 1 aliphatic rings. The molecule has 8 nitrogen and oxygen atoms in total. The average Bonchev–Trinajstić information content (AvgIpc) is 2.71. The first-order chi connectivity index (χ1) is 12.8.